The summed E-state index contributed by atoms with van der Waals surface area (Å²) in [5, 5.41) is 19.3. The minimum atomic E-state index is 0.291. The summed E-state index contributed by atoms with van der Waals surface area (Å²) < 4.78 is 0. The van der Waals surface area contributed by atoms with Crippen LogP contribution in [0.5, 0.6) is 5.75 Å². The first-order valence-electron chi connectivity index (χ1n) is 3.87. The van der Waals surface area contributed by atoms with Crippen molar-refractivity contribution < 1.29 is 10.3 Å². The normalized spacial score (nSPS) is 10.6. The lowest BCUT2D eigenvalue weighted by Crippen LogP contribution is -2.15. The van der Waals surface area contributed by atoms with Crippen molar-refractivity contribution in [3.63, 3.8) is 0 Å². The molecule has 0 fully saturated rings. The van der Waals surface area contributed by atoms with E-state index in [2.05, 4.69) is 0 Å². The molecule has 0 heterocycles. The average molecular weight is 167 g/mol. The number of hydrogen-bond donors (Lipinski definition) is 2. The van der Waals surface area contributed by atoms with Crippen LogP contribution in [0.3, 0.4) is 0 Å². The average Bonchev–Trinajstić information content (AvgIpc) is 2.03. The Bertz CT molecular complexity index is 248. The zero-order valence-electron chi connectivity index (χ0n) is 7.07. The predicted octanol–water partition coefficient (Wildman–Crippen LogP) is 1.26. The highest BCUT2D eigenvalue weighted by molar-refractivity contribution is 5.31. The minimum absolute atomic E-state index is 0.291. The summed E-state index contributed by atoms with van der Waals surface area (Å²) in [7, 11) is 1.58. The summed E-state index contributed by atoms with van der Waals surface area (Å²) >= 11 is 0. The van der Waals surface area contributed by atoms with E-state index < -0.39 is 0 Å². The third-order valence-corrected chi connectivity index (χ3v) is 1.70. The smallest absolute Gasteiger partial charge is 0.118 e. The van der Waals surface area contributed by atoms with Gasteiger partial charge in [-0.15, -0.1) is 0 Å². The van der Waals surface area contributed by atoms with Crippen LogP contribution in [0, 0.1) is 0 Å². The number of benzene rings is 1. The summed E-state index contributed by atoms with van der Waals surface area (Å²) in [5.74, 6) is 0.291. The van der Waals surface area contributed by atoms with Gasteiger partial charge in [-0.25, -0.2) is 0 Å². The van der Waals surface area contributed by atoms with E-state index in [9.17, 15) is 5.11 Å². The maximum atomic E-state index is 9.32. The SMILES string of the molecule is CN(O)CCc1ccccc1O. The highest BCUT2D eigenvalue weighted by Crippen LogP contribution is 2.15. The molecule has 0 saturated carbocycles. The van der Waals surface area contributed by atoms with Crippen molar-refractivity contribution >= 4 is 0 Å². The summed E-state index contributed by atoms with van der Waals surface area (Å²) in [6, 6.07) is 7.14. The summed E-state index contributed by atoms with van der Waals surface area (Å²) in [4.78, 5) is 0. The molecule has 0 bridgehead atoms. The van der Waals surface area contributed by atoms with Crippen LogP contribution < -0.4 is 0 Å². The molecular weight excluding hydrogens is 154 g/mol. The molecule has 0 aromatic heterocycles. The molecule has 0 aliphatic heterocycles. The van der Waals surface area contributed by atoms with Crippen molar-refractivity contribution in [3.05, 3.63) is 29.8 Å². The van der Waals surface area contributed by atoms with Crippen LogP contribution in [0.25, 0.3) is 0 Å². The van der Waals surface area contributed by atoms with E-state index in [0.29, 0.717) is 18.7 Å². The number of hydrogen-bond acceptors (Lipinski definition) is 3. The maximum Gasteiger partial charge on any atom is 0.118 e. The molecular formula is C9H13NO2. The Morgan fingerprint density at radius 1 is 1.33 bits per heavy atom. The number of phenolic OH excluding ortho intramolecular Hbond substituents is 1. The zero-order chi connectivity index (χ0) is 8.97. The Labute approximate surface area is 71.8 Å². The number of hydroxylamine groups is 2. The molecule has 0 unspecified atom stereocenters. The number of rotatable bonds is 3. The fourth-order valence-electron chi connectivity index (χ4n) is 1.00. The van der Waals surface area contributed by atoms with Crippen molar-refractivity contribution in [2.45, 2.75) is 6.42 Å². The van der Waals surface area contributed by atoms with Gasteiger partial charge in [0.15, 0.2) is 0 Å². The lowest BCUT2D eigenvalue weighted by atomic mass is 10.1. The van der Waals surface area contributed by atoms with Gasteiger partial charge in [0.1, 0.15) is 5.75 Å². The predicted molar refractivity (Wildman–Crippen MR) is 46.2 cm³/mol. The lowest BCUT2D eigenvalue weighted by Gasteiger charge is -2.08. The number of phenols is 1. The van der Waals surface area contributed by atoms with Gasteiger partial charge in [-0.1, -0.05) is 18.2 Å². The molecule has 2 N–H and O–H groups in total. The van der Waals surface area contributed by atoms with Crippen LogP contribution >= 0.6 is 0 Å². The van der Waals surface area contributed by atoms with E-state index in [-0.39, 0.29) is 0 Å². The van der Waals surface area contributed by atoms with Crippen LogP contribution in [0.4, 0.5) is 0 Å². The molecule has 0 radical (unpaired) electrons. The van der Waals surface area contributed by atoms with E-state index in [0.717, 1.165) is 10.6 Å². The number of likely N-dealkylation sites (N-methyl/N-ethyl adjacent to an activating group) is 1. The van der Waals surface area contributed by atoms with Gasteiger partial charge in [0.25, 0.3) is 0 Å². The van der Waals surface area contributed by atoms with Crippen LogP contribution in [0.2, 0.25) is 0 Å². The highest BCUT2D eigenvalue weighted by atomic mass is 16.5. The van der Waals surface area contributed by atoms with Gasteiger partial charge in [-0.3, -0.25) is 0 Å². The molecule has 0 saturated heterocycles. The molecule has 3 heteroatoms. The molecule has 0 amide bonds. The molecule has 1 aromatic carbocycles. The second-order valence-corrected chi connectivity index (χ2v) is 2.76. The summed E-state index contributed by atoms with van der Waals surface area (Å²) in [6.45, 7) is 0.525. The van der Waals surface area contributed by atoms with Gasteiger partial charge in [0, 0.05) is 13.6 Å². The van der Waals surface area contributed by atoms with Crippen LogP contribution in [-0.2, 0) is 6.42 Å². The Morgan fingerprint density at radius 2 is 2.00 bits per heavy atom. The third-order valence-electron chi connectivity index (χ3n) is 1.70. The van der Waals surface area contributed by atoms with Crippen molar-refractivity contribution in [1.29, 1.82) is 0 Å². The summed E-state index contributed by atoms with van der Waals surface area (Å²) in [5.41, 5.74) is 0.860. The van der Waals surface area contributed by atoms with Gasteiger partial charge in [-0.2, -0.15) is 5.06 Å². The van der Waals surface area contributed by atoms with Crippen molar-refractivity contribution in [3.8, 4) is 5.75 Å². The molecule has 0 aliphatic carbocycles. The van der Waals surface area contributed by atoms with Gasteiger partial charge in [0.2, 0.25) is 0 Å². The molecule has 0 atom stereocenters. The van der Waals surface area contributed by atoms with Gasteiger partial charge < -0.3 is 10.3 Å². The monoisotopic (exact) mass is 167 g/mol. The quantitative estimate of drug-likeness (QED) is 0.666. The minimum Gasteiger partial charge on any atom is -0.508 e. The second-order valence-electron chi connectivity index (χ2n) is 2.76. The summed E-state index contributed by atoms with van der Waals surface area (Å²) in [6.07, 6.45) is 0.652. The Hall–Kier alpha value is -1.06. The van der Waals surface area contributed by atoms with Crippen LogP contribution in [0.1, 0.15) is 5.56 Å². The van der Waals surface area contributed by atoms with Crippen molar-refractivity contribution in [2.24, 2.45) is 0 Å². The van der Waals surface area contributed by atoms with E-state index in [1.807, 2.05) is 12.1 Å². The first kappa shape index (κ1) is 9.03. The van der Waals surface area contributed by atoms with Crippen molar-refractivity contribution in [2.75, 3.05) is 13.6 Å². The topological polar surface area (TPSA) is 43.7 Å². The molecule has 0 aliphatic rings. The molecule has 1 rings (SSSR count). The van der Waals surface area contributed by atoms with E-state index in [1.165, 1.54) is 0 Å². The van der Waals surface area contributed by atoms with Gasteiger partial charge in [0.05, 0.1) is 0 Å². The second kappa shape index (κ2) is 4.09. The zero-order valence-corrected chi connectivity index (χ0v) is 7.07. The first-order chi connectivity index (χ1) is 5.70. The van der Waals surface area contributed by atoms with Gasteiger partial charge in [-0.05, 0) is 18.1 Å². The fourth-order valence-corrected chi connectivity index (χ4v) is 1.00. The Balaban J connectivity index is 2.57. The van der Waals surface area contributed by atoms with Crippen LogP contribution in [-0.4, -0.2) is 29.0 Å². The molecule has 66 valence electrons. The van der Waals surface area contributed by atoms with E-state index in [1.54, 1.807) is 19.2 Å². The Morgan fingerprint density at radius 3 is 2.58 bits per heavy atom. The van der Waals surface area contributed by atoms with Crippen molar-refractivity contribution in [1.82, 2.24) is 5.06 Å². The molecule has 12 heavy (non-hydrogen) atoms. The standard InChI is InChI=1S/C9H13NO2/c1-10(12)7-6-8-4-2-3-5-9(8)11/h2-5,11-12H,6-7H2,1H3. The Kier molecular flexibility index (Phi) is 3.08. The number of para-hydroxylation sites is 1. The lowest BCUT2D eigenvalue weighted by molar-refractivity contribution is -0.0635. The number of aromatic hydroxyl groups is 1. The van der Waals surface area contributed by atoms with E-state index >= 15 is 0 Å². The molecule has 3 nitrogen and oxygen atoms in total. The third kappa shape index (κ3) is 2.53. The molecule has 1 aromatic rings. The van der Waals surface area contributed by atoms with Crippen LogP contribution in [0.15, 0.2) is 24.3 Å². The van der Waals surface area contributed by atoms with E-state index in [4.69, 9.17) is 5.21 Å². The van der Waals surface area contributed by atoms with Gasteiger partial charge >= 0.3 is 0 Å². The number of nitrogens with zero attached hydrogens (tertiary/aromatic N) is 1. The largest absolute Gasteiger partial charge is 0.508 e. The maximum absolute atomic E-state index is 9.32. The highest BCUT2D eigenvalue weighted by Gasteiger charge is 1.99. The first-order valence-corrected chi connectivity index (χ1v) is 3.87. The fraction of sp³-hybridized carbons (Fsp3) is 0.333. The molecule has 0 spiro atoms.